The molecule has 6 N–H and O–H groups in total. The average molecular weight is 849 g/mol. The van der Waals surface area contributed by atoms with E-state index in [4.69, 9.17) is 18.5 Å². The van der Waals surface area contributed by atoms with Crippen LogP contribution in [0.3, 0.4) is 0 Å². The minimum absolute atomic E-state index is 0.0785. The van der Waals surface area contributed by atoms with Gasteiger partial charge < -0.3 is 39.9 Å². The Balaban J connectivity index is 2.41. The molecule has 1 fully saturated rings. The first kappa shape index (κ1) is 54.8. The fraction of sp³-hybridized carbons (Fsp3) is 0.889. The lowest BCUT2D eigenvalue weighted by molar-refractivity contribution is -0.220. The molecule has 6 atom stereocenters. The Morgan fingerprint density at radius 1 is 0.552 bits per heavy atom. The molecule has 6 unspecified atom stereocenters. The summed E-state index contributed by atoms with van der Waals surface area (Å²) in [6, 6.07) is 0. The van der Waals surface area contributed by atoms with Crippen LogP contribution in [0.1, 0.15) is 194 Å². The van der Waals surface area contributed by atoms with Crippen LogP contribution in [0, 0.1) is 0 Å². The number of aliphatic hydroxyl groups excluding tert-OH is 5. The van der Waals surface area contributed by atoms with Crippen molar-refractivity contribution in [3.63, 3.8) is 0 Å². The number of hydrogen-bond acceptors (Lipinski definition) is 11. The topological polar surface area (TPSA) is 192 Å². The minimum atomic E-state index is -5.02. The zero-order chi connectivity index (χ0) is 42.7. The minimum Gasteiger partial charge on any atom is -0.457 e. The molecule has 0 aliphatic heterocycles. The molecular weight excluding hydrogens is 763 g/mol. The lowest BCUT2D eigenvalue weighted by Crippen LogP contribution is -2.64. The van der Waals surface area contributed by atoms with Crippen molar-refractivity contribution in [1.82, 2.24) is 0 Å². The molecule has 1 rings (SSSR count). The molecule has 0 aromatic carbocycles. The van der Waals surface area contributed by atoms with Crippen molar-refractivity contribution in [1.29, 1.82) is 0 Å². The highest BCUT2D eigenvalue weighted by Gasteiger charge is 2.51. The Labute approximate surface area is 351 Å². The van der Waals surface area contributed by atoms with E-state index in [2.05, 4.69) is 38.2 Å². The summed E-state index contributed by atoms with van der Waals surface area (Å²) in [5.74, 6) is -0.488. The van der Waals surface area contributed by atoms with Gasteiger partial charge in [-0.05, 0) is 44.9 Å². The van der Waals surface area contributed by atoms with Gasteiger partial charge in [0.25, 0.3) is 0 Å². The molecule has 0 aromatic rings. The Kier molecular flexibility index (Phi) is 34.5. The van der Waals surface area contributed by atoms with E-state index in [0.717, 1.165) is 64.2 Å². The third kappa shape index (κ3) is 28.4. The number of allylic oxidation sites excluding steroid dienone is 4. The van der Waals surface area contributed by atoms with Crippen LogP contribution in [0.5, 0.6) is 0 Å². The molecule has 13 heteroatoms. The second kappa shape index (κ2) is 36.5. The van der Waals surface area contributed by atoms with Gasteiger partial charge in [-0.2, -0.15) is 0 Å². The van der Waals surface area contributed by atoms with Crippen LogP contribution < -0.4 is 0 Å². The van der Waals surface area contributed by atoms with Crippen molar-refractivity contribution < 1.29 is 58.3 Å². The van der Waals surface area contributed by atoms with E-state index in [0.29, 0.717) is 13.0 Å². The van der Waals surface area contributed by atoms with Gasteiger partial charge in [-0.25, -0.2) is 4.57 Å². The molecule has 0 spiro atoms. The number of phosphoric acid groups is 1. The van der Waals surface area contributed by atoms with Gasteiger partial charge >= 0.3 is 13.8 Å². The Morgan fingerprint density at radius 2 is 0.966 bits per heavy atom. The summed E-state index contributed by atoms with van der Waals surface area (Å²) in [6.07, 6.45) is 28.1. The zero-order valence-corrected chi connectivity index (χ0v) is 37.2. The summed E-state index contributed by atoms with van der Waals surface area (Å²) < 4.78 is 34.2. The molecular formula is C45H85O12P. The summed E-state index contributed by atoms with van der Waals surface area (Å²) in [5, 5.41) is 50.2. The van der Waals surface area contributed by atoms with Crippen LogP contribution in [0.4, 0.5) is 0 Å². The standard InChI is InChI=1S/C45H85O12P/c1-3-5-7-9-11-13-15-17-19-20-22-24-26-28-30-32-34-39(46)56-38(37-55-58(52,53)57-45-43(50)41(48)40(47)42(49)44(45)51)36-54-35-33-31-29-27-25-23-21-18-16-14-12-10-8-6-4-2/h13,15,19-20,38,40-45,47-51H,3-12,14,16-18,21-37H2,1-2H3,(H,52,53)/b15-13-,20-19-. The van der Waals surface area contributed by atoms with E-state index >= 15 is 0 Å². The van der Waals surface area contributed by atoms with Gasteiger partial charge in [-0.3, -0.25) is 13.8 Å². The number of hydrogen-bond donors (Lipinski definition) is 6. The van der Waals surface area contributed by atoms with Gasteiger partial charge in [0, 0.05) is 13.0 Å². The summed E-state index contributed by atoms with van der Waals surface area (Å²) >= 11 is 0. The Hall–Kier alpha value is -1.18. The zero-order valence-electron chi connectivity index (χ0n) is 36.4. The van der Waals surface area contributed by atoms with Gasteiger partial charge in [0.2, 0.25) is 0 Å². The van der Waals surface area contributed by atoms with Crippen molar-refractivity contribution in [2.45, 2.75) is 236 Å². The summed E-state index contributed by atoms with van der Waals surface area (Å²) in [4.78, 5) is 23.1. The predicted octanol–water partition coefficient (Wildman–Crippen LogP) is 9.31. The molecule has 1 aliphatic carbocycles. The van der Waals surface area contributed by atoms with Crippen molar-refractivity contribution in [3.05, 3.63) is 24.3 Å². The molecule has 0 saturated heterocycles. The van der Waals surface area contributed by atoms with Crippen LogP contribution in [0.25, 0.3) is 0 Å². The number of rotatable bonds is 39. The third-order valence-corrected chi connectivity index (χ3v) is 11.8. The molecule has 0 aromatic heterocycles. The van der Waals surface area contributed by atoms with Crippen LogP contribution in [0.15, 0.2) is 24.3 Å². The van der Waals surface area contributed by atoms with Gasteiger partial charge in [-0.1, -0.05) is 167 Å². The van der Waals surface area contributed by atoms with Gasteiger partial charge in [0.15, 0.2) is 0 Å². The van der Waals surface area contributed by atoms with E-state index in [1.165, 1.54) is 103 Å². The Morgan fingerprint density at radius 3 is 1.47 bits per heavy atom. The van der Waals surface area contributed by atoms with E-state index in [-0.39, 0.29) is 13.0 Å². The van der Waals surface area contributed by atoms with Crippen LogP contribution >= 0.6 is 7.82 Å². The van der Waals surface area contributed by atoms with Crippen molar-refractivity contribution in [2.24, 2.45) is 0 Å². The quantitative estimate of drug-likeness (QED) is 0.0149. The highest BCUT2D eigenvalue weighted by molar-refractivity contribution is 7.47. The first-order chi connectivity index (χ1) is 28.0. The number of unbranched alkanes of at least 4 members (excludes halogenated alkanes) is 23. The normalized spacial score (nSPS) is 22.8. The van der Waals surface area contributed by atoms with Crippen LogP contribution in [0.2, 0.25) is 0 Å². The molecule has 0 radical (unpaired) electrons. The van der Waals surface area contributed by atoms with E-state index in [1.807, 2.05) is 0 Å². The smallest absolute Gasteiger partial charge is 0.457 e. The molecule has 0 bridgehead atoms. The van der Waals surface area contributed by atoms with Gasteiger partial charge in [0.05, 0.1) is 13.2 Å². The first-order valence-corrected chi connectivity index (χ1v) is 24.7. The van der Waals surface area contributed by atoms with Crippen molar-refractivity contribution in [2.75, 3.05) is 19.8 Å². The number of esters is 1. The van der Waals surface area contributed by atoms with Gasteiger partial charge in [-0.15, -0.1) is 0 Å². The summed E-state index contributed by atoms with van der Waals surface area (Å²) in [6.45, 7) is 4.24. The van der Waals surface area contributed by atoms with Crippen LogP contribution in [-0.4, -0.2) is 98.9 Å². The highest BCUT2D eigenvalue weighted by atomic mass is 31.2. The largest absolute Gasteiger partial charge is 0.472 e. The second-order valence-electron chi connectivity index (χ2n) is 16.3. The predicted molar refractivity (Wildman–Crippen MR) is 230 cm³/mol. The van der Waals surface area contributed by atoms with Crippen molar-refractivity contribution in [3.8, 4) is 0 Å². The van der Waals surface area contributed by atoms with E-state index in [9.17, 15) is 39.8 Å². The number of ether oxygens (including phenoxy) is 2. The number of phosphoric ester groups is 1. The summed E-state index contributed by atoms with van der Waals surface area (Å²) in [7, 11) is -5.02. The number of aliphatic hydroxyl groups is 5. The maximum atomic E-state index is 12.8. The molecule has 1 aliphatic rings. The SMILES string of the molecule is CCCCCC/C=C\C/C=C\CCCCCCCC(=O)OC(COCCCCCCCCCCCCCCCCC)COP(=O)(O)OC1C(O)C(O)C(O)C(O)C1O. The Bertz CT molecular complexity index is 1060. The maximum Gasteiger partial charge on any atom is 0.472 e. The second-order valence-corrected chi connectivity index (χ2v) is 17.7. The lowest BCUT2D eigenvalue weighted by atomic mass is 9.85. The molecule has 0 amide bonds. The summed E-state index contributed by atoms with van der Waals surface area (Å²) in [5.41, 5.74) is 0. The van der Waals surface area contributed by atoms with E-state index < -0.39 is 63.1 Å². The number of carbonyl (C=O) groups is 1. The average Bonchev–Trinajstić information content (AvgIpc) is 3.21. The maximum absolute atomic E-state index is 12.8. The van der Waals surface area contributed by atoms with E-state index in [1.54, 1.807) is 0 Å². The molecule has 1 saturated carbocycles. The first-order valence-electron chi connectivity index (χ1n) is 23.2. The fourth-order valence-electron chi connectivity index (χ4n) is 7.09. The lowest BCUT2D eigenvalue weighted by Gasteiger charge is -2.41. The van der Waals surface area contributed by atoms with Gasteiger partial charge in [0.1, 0.15) is 42.7 Å². The van der Waals surface area contributed by atoms with Crippen molar-refractivity contribution >= 4 is 13.8 Å². The van der Waals surface area contributed by atoms with Crippen LogP contribution in [-0.2, 0) is 27.9 Å². The molecule has 58 heavy (non-hydrogen) atoms. The highest BCUT2D eigenvalue weighted by Crippen LogP contribution is 2.47. The molecule has 0 heterocycles. The monoisotopic (exact) mass is 849 g/mol. The number of carbonyl (C=O) groups excluding carboxylic acids is 1. The molecule has 342 valence electrons. The third-order valence-electron chi connectivity index (χ3n) is 10.8. The fourth-order valence-corrected chi connectivity index (χ4v) is 8.06. The molecule has 12 nitrogen and oxygen atoms in total.